The number of hydrogen-bond donors (Lipinski definition) is 0. The van der Waals surface area contributed by atoms with Crippen LogP contribution in [0.3, 0.4) is 0 Å². The first-order chi connectivity index (χ1) is 24.6. The molecule has 0 bridgehead atoms. The molecule has 0 N–H and O–H groups in total. The van der Waals surface area contributed by atoms with E-state index >= 15 is 0 Å². The molecule has 4 heterocycles. The third-order valence-electron chi connectivity index (χ3n) is 7.24. The fourth-order valence-electron chi connectivity index (χ4n) is 4.95. The number of rotatable bonds is 3. The van der Waals surface area contributed by atoms with Crippen molar-refractivity contribution in [3.63, 3.8) is 0 Å². The topological polar surface area (TPSA) is 257 Å². The third kappa shape index (κ3) is 4.68. The van der Waals surface area contributed by atoms with Crippen LogP contribution in [0.25, 0.3) is 45.6 Å². The van der Waals surface area contributed by atoms with Crippen molar-refractivity contribution in [3.8, 4) is 70.9 Å². The normalized spacial score (nSPS) is 12.0. The van der Waals surface area contributed by atoms with E-state index in [-0.39, 0.29) is 67.0 Å². The quantitative estimate of drug-likeness (QED) is 0.116. The van der Waals surface area contributed by atoms with Gasteiger partial charge in [0.1, 0.15) is 47.1 Å². The van der Waals surface area contributed by atoms with Crippen molar-refractivity contribution >= 4 is 11.1 Å². The molecule has 236 valence electrons. The van der Waals surface area contributed by atoms with Gasteiger partial charge >= 0.3 is 0 Å². The molecule has 0 saturated carbocycles. The monoisotopic (exact) mass is 676 g/mol. The van der Waals surface area contributed by atoms with Gasteiger partial charge in [0.2, 0.25) is 17.5 Å². The Morgan fingerprint density at radius 2 is 0.980 bits per heavy atom. The lowest BCUT2D eigenvalue weighted by atomic mass is 10.0. The predicted molar refractivity (Wildman–Crippen MR) is 154 cm³/mol. The summed E-state index contributed by atoms with van der Waals surface area (Å²) >= 11 is 0. The third-order valence-corrected chi connectivity index (χ3v) is 7.24. The summed E-state index contributed by atoms with van der Waals surface area (Å²) in [5, 5.41) is 57.6. The highest BCUT2D eigenvalue weighted by atomic mass is 19.2. The van der Waals surface area contributed by atoms with Crippen LogP contribution >= 0.6 is 0 Å². The zero-order chi connectivity index (χ0) is 36.1. The van der Waals surface area contributed by atoms with E-state index in [2.05, 4.69) is 39.9 Å². The minimum Gasteiger partial charge on any atom is -0.430 e. The molecular weight excluding hydrogens is 672 g/mol. The Labute approximate surface area is 278 Å². The van der Waals surface area contributed by atoms with Gasteiger partial charge in [-0.25, -0.2) is 53.1 Å². The molecule has 0 fully saturated rings. The highest BCUT2D eigenvalue weighted by Gasteiger charge is 2.28. The van der Waals surface area contributed by atoms with Gasteiger partial charge in [-0.1, -0.05) is 0 Å². The summed E-state index contributed by atoms with van der Waals surface area (Å²) in [6, 6.07) is 15.9. The predicted octanol–water partition coefficient (Wildman–Crippen LogP) is 2.34. The standard InChI is InChI=1S/C32H4F4N14O/c33-19-20(34)22(36)26-25(21(19)35)47-32(51-26)31-49-29(13-1-3-17-23(15(13)9-41)45-27(43-17)11(5-37)6-38)48-30(50-31)14-2-4-18-24(16(14)10-42)46-28(44-18)12(7-39)8-40/h1-4H. The number of oxazole rings is 1. The van der Waals surface area contributed by atoms with E-state index in [9.17, 15) is 49.1 Å². The Morgan fingerprint density at radius 3 is 1.43 bits per heavy atom. The fraction of sp³-hybridized carbons (Fsp3) is 0. The second-order valence-corrected chi connectivity index (χ2v) is 9.99. The Bertz CT molecular complexity index is 2870. The van der Waals surface area contributed by atoms with E-state index in [1.807, 2.05) is 12.1 Å². The van der Waals surface area contributed by atoms with Gasteiger partial charge < -0.3 is 4.42 Å². The van der Waals surface area contributed by atoms with E-state index in [4.69, 9.17) is 4.42 Å². The molecule has 2 aliphatic rings. The van der Waals surface area contributed by atoms with E-state index in [0.717, 1.165) is 0 Å². The van der Waals surface area contributed by atoms with Crippen LogP contribution in [-0.2, 0) is 0 Å². The number of benzene rings is 3. The highest BCUT2D eigenvalue weighted by molar-refractivity contribution is 5.78. The summed E-state index contributed by atoms with van der Waals surface area (Å²) in [4.78, 5) is 33.2. The Kier molecular flexibility index (Phi) is 7.09. The van der Waals surface area contributed by atoms with Crippen molar-refractivity contribution in [1.82, 2.24) is 19.9 Å². The lowest BCUT2D eigenvalue weighted by Gasteiger charge is -2.08. The molecule has 0 amide bonds. The molecule has 5 aromatic rings. The number of halogens is 4. The second kappa shape index (κ2) is 11.6. The van der Waals surface area contributed by atoms with E-state index < -0.39 is 57.2 Å². The maximum atomic E-state index is 14.6. The van der Waals surface area contributed by atoms with Crippen LogP contribution in [-0.4, -0.2) is 19.9 Å². The fourth-order valence-corrected chi connectivity index (χ4v) is 4.95. The maximum Gasteiger partial charge on any atom is 0.266 e. The van der Waals surface area contributed by atoms with Crippen LogP contribution in [0, 0.1) is 91.3 Å². The molecule has 0 radical (unpaired) electrons. The zero-order valence-electron chi connectivity index (χ0n) is 24.5. The van der Waals surface area contributed by atoms with E-state index in [0.29, 0.717) is 0 Å². The minimum absolute atomic E-state index is 0.0559. The molecule has 19 heteroatoms. The summed E-state index contributed by atoms with van der Waals surface area (Å²) in [5.74, 6) is -10.6. The number of aromatic nitrogens is 4. The molecular formula is C32H4F4N14O. The smallest absolute Gasteiger partial charge is 0.266 e. The van der Waals surface area contributed by atoms with Crippen molar-refractivity contribution in [2.45, 2.75) is 0 Å². The Hall–Kier alpha value is -8.52. The SMILES string of the molecule is N#CC(C#N)=C1N=c2ccc(-c3nc(-c4nc5c(F)c(F)c(F)c(F)c5o4)nc(-c4ccc5c(c4C#N)=NC(=C(C#N)C#N)N=5)n3)c(C#N)c2=N1. The Morgan fingerprint density at radius 1 is 0.529 bits per heavy atom. The summed E-state index contributed by atoms with van der Waals surface area (Å²) in [6.45, 7) is 0. The molecule has 2 aliphatic heterocycles. The van der Waals surface area contributed by atoms with Gasteiger partial charge in [0.05, 0.1) is 21.8 Å². The first-order valence-electron chi connectivity index (χ1n) is 13.7. The van der Waals surface area contributed by atoms with Gasteiger partial charge in [-0.05, 0) is 24.3 Å². The molecule has 51 heavy (non-hydrogen) atoms. The van der Waals surface area contributed by atoms with Crippen LogP contribution in [0.5, 0.6) is 0 Å². The molecule has 15 nitrogen and oxygen atoms in total. The molecule has 0 spiro atoms. The van der Waals surface area contributed by atoms with Gasteiger partial charge in [-0.15, -0.1) is 0 Å². The number of hydrogen-bond acceptors (Lipinski definition) is 15. The van der Waals surface area contributed by atoms with Crippen molar-refractivity contribution in [3.05, 3.63) is 103 Å². The average molecular weight is 676 g/mol. The minimum atomic E-state index is -2.16. The summed E-state index contributed by atoms with van der Waals surface area (Å²) in [6.07, 6.45) is 0. The molecule has 3 aromatic carbocycles. The largest absolute Gasteiger partial charge is 0.430 e. The van der Waals surface area contributed by atoms with Crippen LogP contribution in [0.2, 0.25) is 0 Å². The molecule has 0 saturated heterocycles. The number of allylic oxidation sites excluding steroid dienone is 2. The van der Waals surface area contributed by atoms with Crippen molar-refractivity contribution in [1.29, 1.82) is 31.6 Å². The number of fused-ring (bicyclic) bond motifs is 3. The molecule has 2 aromatic heterocycles. The van der Waals surface area contributed by atoms with Crippen LogP contribution in [0.1, 0.15) is 11.1 Å². The molecule has 0 unspecified atom stereocenters. The lowest BCUT2D eigenvalue weighted by Crippen LogP contribution is -2.26. The first-order valence-corrected chi connectivity index (χ1v) is 13.7. The lowest BCUT2D eigenvalue weighted by molar-refractivity contribution is 0.410. The van der Waals surface area contributed by atoms with E-state index in [1.165, 1.54) is 24.3 Å². The number of nitrogens with zero attached hydrogens (tertiary/aromatic N) is 14. The van der Waals surface area contributed by atoms with Gasteiger partial charge in [-0.3, -0.25) is 0 Å². The zero-order valence-corrected chi connectivity index (χ0v) is 24.5. The Balaban J connectivity index is 1.54. The van der Waals surface area contributed by atoms with Crippen molar-refractivity contribution in [2.24, 2.45) is 20.0 Å². The van der Waals surface area contributed by atoms with Gasteiger partial charge in [0.25, 0.3) is 5.89 Å². The molecule has 0 aliphatic carbocycles. The maximum absolute atomic E-state index is 14.6. The van der Waals surface area contributed by atoms with Crippen molar-refractivity contribution < 1.29 is 22.0 Å². The average Bonchev–Trinajstić information content (AvgIpc) is 3.90. The van der Waals surface area contributed by atoms with Gasteiger partial charge in [-0.2, -0.15) is 36.0 Å². The van der Waals surface area contributed by atoms with E-state index in [1.54, 1.807) is 24.3 Å². The summed E-state index contributed by atoms with van der Waals surface area (Å²) in [5.41, 5.74) is -3.53. The van der Waals surface area contributed by atoms with Crippen LogP contribution in [0.4, 0.5) is 17.6 Å². The number of nitriles is 6. The van der Waals surface area contributed by atoms with Crippen molar-refractivity contribution in [2.75, 3.05) is 0 Å². The molecule has 0 atom stereocenters. The molecule has 7 rings (SSSR count). The van der Waals surface area contributed by atoms with Crippen LogP contribution < -0.4 is 21.4 Å². The summed E-state index contributed by atoms with van der Waals surface area (Å²) in [7, 11) is 0. The second-order valence-electron chi connectivity index (χ2n) is 9.99. The highest BCUT2D eigenvalue weighted by Crippen LogP contribution is 2.32. The summed E-state index contributed by atoms with van der Waals surface area (Å²) < 4.78 is 62.6. The van der Waals surface area contributed by atoms with Gasteiger partial charge in [0.15, 0.2) is 57.2 Å². The first kappa shape index (κ1) is 31.1. The van der Waals surface area contributed by atoms with Gasteiger partial charge in [0, 0.05) is 11.1 Å². The van der Waals surface area contributed by atoms with Crippen LogP contribution in [0.15, 0.2) is 71.4 Å².